The summed E-state index contributed by atoms with van der Waals surface area (Å²) < 4.78 is 4.95. The van der Waals surface area contributed by atoms with Crippen molar-refractivity contribution in [3.63, 3.8) is 0 Å². The number of piperidine rings is 1. The van der Waals surface area contributed by atoms with E-state index in [2.05, 4.69) is 15.2 Å². The monoisotopic (exact) mass is 314 g/mol. The number of benzene rings is 1. The highest BCUT2D eigenvalue weighted by Crippen LogP contribution is 2.34. The number of fused-ring (bicyclic) bond motifs is 1. The van der Waals surface area contributed by atoms with Crippen LogP contribution >= 0.6 is 0 Å². The van der Waals surface area contributed by atoms with E-state index in [1.807, 2.05) is 25.4 Å². The van der Waals surface area contributed by atoms with Gasteiger partial charge in [-0.3, -0.25) is 0 Å². The summed E-state index contributed by atoms with van der Waals surface area (Å²) in [6, 6.07) is 5.89. The van der Waals surface area contributed by atoms with Crippen LogP contribution in [0.15, 0.2) is 24.4 Å². The molecule has 3 rings (SSSR count). The van der Waals surface area contributed by atoms with E-state index >= 15 is 0 Å². The number of pyridine rings is 1. The Balaban J connectivity index is 2.19. The van der Waals surface area contributed by atoms with Crippen LogP contribution in [0.4, 0.5) is 11.5 Å². The number of ether oxygens (including phenoxy) is 1. The average Bonchev–Trinajstić information content (AvgIpc) is 2.60. The normalized spacial score (nSPS) is 15.7. The second-order valence-corrected chi connectivity index (χ2v) is 5.79. The van der Waals surface area contributed by atoms with Crippen LogP contribution in [-0.2, 0) is 4.74 Å². The predicted molar refractivity (Wildman–Crippen MR) is 92.1 cm³/mol. The first-order valence-electron chi connectivity index (χ1n) is 7.84. The van der Waals surface area contributed by atoms with E-state index < -0.39 is 0 Å². The van der Waals surface area contributed by atoms with Gasteiger partial charge in [0.15, 0.2) is 0 Å². The van der Waals surface area contributed by atoms with Crippen LogP contribution in [0.25, 0.3) is 10.8 Å². The number of carbonyl (C=O) groups is 1. The van der Waals surface area contributed by atoms with E-state index in [0.717, 1.165) is 48.2 Å². The molecule has 6 heteroatoms. The van der Waals surface area contributed by atoms with Gasteiger partial charge in [0.25, 0.3) is 0 Å². The van der Waals surface area contributed by atoms with Crippen molar-refractivity contribution in [1.29, 1.82) is 0 Å². The maximum absolute atomic E-state index is 12.2. The zero-order chi connectivity index (χ0) is 16.4. The van der Waals surface area contributed by atoms with Crippen molar-refractivity contribution >= 4 is 28.2 Å². The number of esters is 1. The predicted octanol–water partition coefficient (Wildman–Crippen LogP) is 1.99. The highest BCUT2D eigenvalue weighted by Gasteiger charge is 2.23. The van der Waals surface area contributed by atoms with Crippen LogP contribution in [0.5, 0.6) is 0 Å². The minimum Gasteiger partial charge on any atom is -0.465 e. The van der Waals surface area contributed by atoms with Gasteiger partial charge in [0.05, 0.1) is 24.6 Å². The number of hydrogen-bond acceptors (Lipinski definition) is 6. The summed E-state index contributed by atoms with van der Waals surface area (Å²) in [7, 11) is 3.25. The standard InChI is InChI=1S/C17H22N4O2/c1-19-14-10-20-16(21-8-6-11(18)7-9-21)15-12(14)4-3-5-13(15)17(22)23-2/h3-5,10-11,19H,6-9,18H2,1-2H3. The molecule has 0 bridgehead atoms. The molecule has 0 unspecified atom stereocenters. The number of anilines is 2. The maximum atomic E-state index is 12.2. The largest absolute Gasteiger partial charge is 0.465 e. The van der Waals surface area contributed by atoms with Crippen molar-refractivity contribution in [2.45, 2.75) is 18.9 Å². The van der Waals surface area contributed by atoms with Gasteiger partial charge in [0.1, 0.15) is 5.82 Å². The SMILES string of the molecule is CNc1cnc(N2CCC(N)CC2)c2c(C(=O)OC)cccc12. The van der Waals surface area contributed by atoms with Crippen LogP contribution in [0.3, 0.4) is 0 Å². The van der Waals surface area contributed by atoms with E-state index in [1.54, 1.807) is 6.07 Å². The first kappa shape index (κ1) is 15.6. The van der Waals surface area contributed by atoms with E-state index in [4.69, 9.17) is 10.5 Å². The van der Waals surface area contributed by atoms with Crippen LogP contribution < -0.4 is 16.0 Å². The van der Waals surface area contributed by atoms with E-state index in [9.17, 15) is 4.79 Å². The van der Waals surface area contributed by atoms with Crippen molar-refractivity contribution in [2.24, 2.45) is 5.73 Å². The van der Waals surface area contributed by atoms with Gasteiger partial charge >= 0.3 is 5.97 Å². The Labute approximate surface area is 135 Å². The third kappa shape index (κ3) is 2.82. The zero-order valence-corrected chi connectivity index (χ0v) is 13.5. The summed E-state index contributed by atoms with van der Waals surface area (Å²) in [6.45, 7) is 1.69. The van der Waals surface area contributed by atoms with Gasteiger partial charge in [-0.05, 0) is 18.9 Å². The molecule has 0 amide bonds. The molecular weight excluding hydrogens is 292 g/mol. The third-order valence-electron chi connectivity index (χ3n) is 4.41. The fourth-order valence-electron chi connectivity index (χ4n) is 3.11. The highest BCUT2D eigenvalue weighted by molar-refractivity contribution is 6.12. The molecular formula is C17H22N4O2. The van der Waals surface area contributed by atoms with Crippen molar-refractivity contribution in [2.75, 3.05) is 37.5 Å². The summed E-state index contributed by atoms with van der Waals surface area (Å²) in [5, 5.41) is 4.94. The molecule has 0 atom stereocenters. The maximum Gasteiger partial charge on any atom is 0.338 e. The van der Waals surface area contributed by atoms with E-state index in [-0.39, 0.29) is 12.0 Å². The molecule has 1 aliphatic heterocycles. The number of methoxy groups -OCH3 is 1. The molecule has 3 N–H and O–H groups in total. The lowest BCUT2D eigenvalue weighted by Crippen LogP contribution is -2.40. The Morgan fingerprint density at radius 1 is 1.39 bits per heavy atom. The van der Waals surface area contributed by atoms with Gasteiger partial charge in [-0.15, -0.1) is 0 Å². The Morgan fingerprint density at radius 2 is 2.13 bits per heavy atom. The van der Waals surface area contributed by atoms with Gasteiger partial charge in [0, 0.05) is 37.0 Å². The van der Waals surface area contributed by atoms with Gasteiger partial charge < -0.3 is 20.7 Å². The van der Waals surface area contributed by atoms with Crippen LogP contribution in [-0.4, -0.2) is 44.2 Å². The van der Waals surface area contributed by atoms with Gasteiger partial charge in [0.2, 0.25) is 0 Å². The second kappa shape index (κ2) is 6.42. The lowest BCUT2D eigenvalue weighted by Gasteiger charge is -2.32. The topological polar surface area (TPSA) is 80.5 Å². The van der Waals surface area contributed by atoms with Crippen LogP contribution in [0.2, 0.25) is 0 Å². The van der Waals surface area contributed by atoms with E-state index in [1.165, 1.54) is 7.11 Å². The summed E-state index contributed by atoms with van der Waals surface area (Å²) in [6.07, 6.45) is 3.67. The number of nitrogens with one attached hydrogen (secondary N) is 1. The van der Waals surface area contributed by atoms with Crippen LogP contribution in [0.1, 0.15) is 23.2 Å². The van der Waals surface area contributed by atoms with E-state index in [0.29, 0.717) is 5.56 Å². The lowest BCUT2D eigenvalue weighted by molar-refractivity contribution is 0.0603. The minimum atomic E-state index is -0.347. The smallest absolute Gasteiger partial charge is 0.338 e. The quantitative estimate of drug-likeness (QED) is 0.843. The van der Waals surface area contributed by atoms with Gasteiger partial charge in [-0.2, -0.15) is 0 Å². The Bertz CT molecular complexity index is 724. The summed E-state index contributed by atoms with van der Waals surface area (Å²) >= 11 is 0. The number of hydrogen-bond donors (Lipinski definition) is 2. The highest BCUT2D eigenvalue weighted by atomic mass is 16.5. The molecule has 0 radical (unpaired) electrons. The first-order chi connectivity index (χ1) is 11.2. The molecule has 23 heavy (non-hydrogen) atoms. The lowest BCUT2D eigenvalue weighted by atomic mass is 10.0. The fourth-order valence-corrected chi connectivity index (χ4v) is 3.11. The molecule has 0 aliphatic carbocycles. The molecule has 2 heterocycles. The molecule has 0 spiro atoms. The molecule has 6 nitrogen and oxygen atoms in total. The van der Waals surface area contributed by atoms with Crippen LogP contribution in [0, 0.1) is 0 Å². The Morgan fingerprint density at radius 3 is 2.78 bits per heavy atom. The summed E-state index contributed by atoms with van der Waals surface area (Å²) in [5.74, 6) is 0.479. The summed E-state index contributed by atoms with van der Waals surface area (Å²) in [4.78, 5) is 19.0. The van der Waals surface area contributed by atoms with Crippen molar-refractivity contribution in [1.82, 2.24) is 4.98 Å². The van der Waals surface area contributed by atoms with Gasteiger partial charge in [-0.25, -0.2) is 9.78 Å². The zero-order valence-electron chi connectivity index (χ0n) is 13.5. The summed E-state index contributed by atoms with van der Waals surface area (Å²) in [5.41, 5.74) is 7.43. The van der Waals surface area contributed by atoms with Crippen molar-refractivity contribution in [3.8, 4) is 0 Å². The average molecular weight is 314 g/mol. The Hall–Kier alpha value is -2.34. The molecule has 1 fully saturated rings. The molecule has 1 aliphatic rings. The molecule has 0 saturated carbocycles. The third-order valence-corrected chi connectivity index (χ3v) is 4.41. The Kier molecular flexibility index (Phi) is 4.34. The number of rotatable bonds is 3. The fraction of sp³-hybridized carbons (Fsp3) is 0.412. The van der Waals surface area contributed by atoms with Crippen molar-refractivity contribution < 1.29 is 9.53 Å². The number of aromatic nitrogens is 1. The molecule has 1 aromatic carbocycles. The molecule has 1 saturated heterocycles. The number of carbonyl (C=O) groups excluding carboxylic acids is 1. The molecule has 1 aromatic heterocycles. The number of nitrogens with two attached hydrogens (primary N) is 1. The first-order valence-corrected chi connectivity index (χ1v) is 7.84. The number of nitrogens with zero attached hydrogens (tertiary/aromatic N) is 2. The minimum absolute atomic E-state index is 0.245. The van der Waals surface area contributed by atoms with Crippen molar-refractivity contribution in [3.05, 3.63) is 30.0 Å². The van der Waals surface area contributed by atoms with Gasteiger partial charge in [-0.1, -0.05) is 12.1 Å². The second-order valence-electron chi connectivity index (χ2n) is 5.79. The molecule has 122 valence electrons. The molecule has 2 aromatic rings.